The molecule has 2 heterocycles. The molecule has 2 aliphatic rings. The van der Waals surface area contributed by atoms with Gasteiger partial charge in [0.1, 0.15) is 0 Å². The van der Waals surface area contributed by atoms with Gasteiger partial charge in [-0.25, -0.2) is 0 Å². The van der Waals surface area contributed by atoms with Crippen molar-refractivity contribution in [2.45, 2.75) is 19.3 Å². The Balaban J connectivity index is 0.000000163. The van der Waals surface area contributed by atoms with Crippen LogP contribution in [0.4, 0.5) is 5.69 Å². The summed E-state index contributed by atoms with van der Waals surface area (Å²) in [6.45, 7) is 2.64. The van der Waals surface area contributed by atoms with E-state index in [0.29, 0.717) is 16.3 Å². The maximum atomic E-state index is 11.1. The third kappa shape index (κ3) is 3.55. The molecule has 0 atom stereocenters. The van der Waals surface area contributed by atoms with Gasteiger partial charge in [-0.15, -0.1) is 0 Å². The predicted molar refractivity (Wildman–Crippen MR) is 75.8 cm³/mol. The SMILES string of the molecule is CN1CCCCC1.O=C1Nc2ccc(Cl)cc2C1=O. The van der Waals surface area contributed by atoms with Crippen LogP contribution >= 0.6 is 11.6 Å². The van der Waals surface area contributed by atoms with E-state index in [2.05, 4.69) is 17.3 Å². The molecule has 1 aromatic rings. The van der Waals surface area contributed by atoms with Gasteiger partial charge in [-0.3, -0.25) is 9.59 Å². The molecule has 1 N–H and O–H groups in total. The molecule has 4 nitrogen and oxygen atoms in total. The van der Waals surface area contributed by atoms with Crippen molar-refractivity contribution in [1.82, 2.24) is 4.90 Å². The quantitative estimate of drug-likeness (QED) is 0.743. The number of Topliss-reactive ketones (excluding diaryl/α,β-unsaturated/α-hetero) is 1. The van der Waals surface area contributed by atoms with Crippen LogP contribution in [0.25, 0.3) is 0 Å². The van der Waals surface area contributed by atoms with E-state index >= 15 is 0 Å². The minimum absolute atomic E-state index is 0.354. The van der Waals surface area contributed by atoms with E-state index in [9.17, 15) is 9.59 Å². The number of halogens is 1. The van der Waals surface area contributed by atoms with E-state index in [4.69, 9.17) is 11.6 Å². The lowest BCUT2D eigenvalue weighted by atomic mass is 10.1. The molecule has 1 amide bonds. The Hall–Kier alpha value is -1.39. The number of anilines is 1. The topological polar surface area (TPSA) is 49.4 Å². The number of amides is 1. The number of hydrogen-bond acceptors (Lipinski definition) is 3. The Morgan fingerprint density at radius 1 is 1.16 bits per heavy atom. The van der Waals surface area contributed by atoms with E-state index in [1.54, 1.807) is 12.1 Å². The highest BCUT2D eigenvalue weighted by molar-refractivity contribution is 6.52. The summed E-state index contributed by atoms with van der Waals surface area (Å²) in [5.74, 6) is -1.11. The van der Waals surface area contributed by atoms with Gasteiger partial charge in [0.05, 0.1) is 11.3 Å². The zero-order valence-electron chi connectivity index (χ0n) is 10.9. The third-order valence-corrected chi connectivity index (χ3v) is 3.50. The smallest absolute Gasteiger partial charge is 0.296 e. The number of fused-ring (bicyclic) bond motifs is 1. The standard InChI is InChI=1S/C8H4ClNO2.C6H13N/c9-4-1-2-6-5(3-4)7(11)8(12)10-6;1-7-5-3-2-4-6-7/h1-3H,(H,10,11,12);2-6H2,1H3. The van der Waals surface area contributed by atoms with E-state index in [1.807, 2.05) is 0 Å². The number of rotatable bonds is 0. The van der Waals surface area contributed by atoms with Crippen LogP contribution in [0, 0.1) is 0 Å². The molecular formula is C14H17ClN2O2. The first kappa shape index (κ1) is 14.0. The number of ketones is 1. The highest BCUT2D eigenvalue weighted by Gasteiger charge is 2.27. The van der Waals surface area contributed by atoms with Gasteiger partial charge < -0.3 is 10.2 Å². The first-order valence-corrected chi connectivity index (χ1v) is 6.79. The van der Waals surface area contributed by atoms with Crippen molar-refractivity contribution in [3.05, 3.63) is 28.8 Å². The molecule has 0 radical (unpaired) electrons. The van der Waals surface area contributed by atoms with Gasteiger partial charge in [0, 0.05) is 5.02 Å². The van der Waals surface area contributed by atoms with Gasteiger partial charge >= 0.3 is 0 Å². The second-order valence-corrected chi connectivity index (χ2v) is 5.27. The lowest BCUT2D eigenvalue weighted by Gasteiger charge is -2.20. The molecule has 0 aromatic heterocycles. The molecule has 102 valence electrons. The van der Waals surface area contributed by atoms with Gasteiger partial charge in [-0.2, -0.15) is 0 Å². The largest absolute Gasteiger partial charge is 0.318 e. The third-order valence-electron chi connectivity index (χ3n) is 3.26. The van der Waals surface area contributed by atoms with Gasteiger partial charge in [-0.05, 0) is 51.2 Å². The Morgan fingerprint density at radius 3 is 2.42 bits per heavy atom. The minimum Gasteiger partial charge on any atom is -0.318 e. The van der Waals surface area contributed by atoms with Crippen LogP contribution < -0.4 is 5.32 Å². The summed E-state index contributed by atoms with van der Waals surface area (Å²) in [5.41, 5.74) is 0.891. The van der Waals surface area contributed by atoms with Crippen molar-refractivity contribution >= 4 is 29.0 Å². The summed E-state index contributed by atoms with van der Waals surface area (Å²) in [7, 11) is 2.19. The number of piperidine rings is 1. The molecule has 3 rings (SSSR count). The first-order valence-electron chi connectivity index (χ1n) is 6.41. The minimum atomic E-state index is -0.590. The van der Waals surface area contributed by atoms with E-state index in [0.717, 1.165) is 0 Å². The van der Waals surface area contributed by atoms with E-state index in [-0.39, 0.29) is 0 Å². The molecule has 19 heavy (non-hydrogen) atoms. The highest BCUT2D eigenvalue weighted by atomic mass is 35.5. The average Bonchev–Trinajstić information content (AvgIpc) is 2.67. The average molecular weight is 281 g/mol. The van der Waals surface area contributed by atoms with Crippen LogP contribution in [0.3, 0.4) is 0 Å². The number of benzene rings is 1. The lowest BCUT2D eigenvalue weighted by molar-refractivity contribution is -0.112. The van der Waals surface area contributed by atoms with E-state index < -0.39 is 11.7 Å². The van der Waals surface area contributed by atoms with Crippen molar-refractivity contribution in [2.75, 3.05) is 25.5 Å². The fraction of sp³-hybridized carbons (Fsp3) is 0.429. The number of likely N-dealkylation sites (tertiary alicyclic amines) is 1. The molecule has 1 fully saturated rings. The van der Waals surface area contributed by atoms with E-state index in [1.165, 1.54) is 38.4 Å². The monoisotopic (exact) mass is 280 g/mol. The summed E-state index contributed by atoms with van der Waals surface area (Å²) in [6, 6.07) is 4.72. The van der Waals surface area contributed by atoms with Crippen LogP contribution in [0.5, 0.6) is 0 Å². The van der Waals surface area contributed by atoms with Crippen molar-refractivity contribution in [2.24, 2.45) is 0 Å². The first-order chi connectivity index (χ1) is 9.08. The Morgan fingerprint density at radius 2 is 1.84 bits per heavy atom. The van der Waals surface area contributed by atoms with Crippen LogP contribution in [-0.2, 0) is 4.79 Å². The molecule has 0 bridgehead atoms. The molecule has 1 saturated heterocycles. The Kier molecular flexibility index (Phi) is 4.56. The zero-order chi connectivity index (χ0) is 13.8. The maximum Gasteiger partial charge on any atom is 0.296 e. The summed E-state index contributed by atoms with van der Waals surface area (Å²) in [4.78, 5) is 24.3. The zero-order valence-corrected chi connectivity index (χ0v) is 11.7. The number of carbonyl (C=O) groups is 2. The van der Waals surface area contributed by atoms with Gasteiger partial charge in [0.2, 0.25) is 0 Å². The predicted octanol–water partition coefficient (Wildman–Crippen LogP) is 2.58. The van der Waals surface area contributed by atoms with Gasteiger partial charge in [-0.1, -0.05) is 18.0 Å². The van der Waals surface area contributed by atoms with Crippen molar-refractivity contribution < 1.29 is 9.59 Å². The Bertz CT molecular complexity index is 496. The number of carbonyl (C=O) groups excluding carboxylic acids is 2. The number of hydrogen-bond donors (Lipinski definition) is 1. The second kappa shape index (κ2) is 6.17. The van der Waals surface area contributed by atoms with Gasteiger partial charge in [0.15, 0.2) is 0 Å². The molecule has 0 spiro atoms. The van der Waals surface area contributed by atoms with Gasteiger partial charge in [0.25, 0.3) is 11.7 Å². The number of nitrogens with zero attached hydrogens (tertiary/aromatic N) is 1. The molecule has 0 unspecified atom stereocenters. The van der Waals surface area contributed by atoms with Crippen LogP contribution in [-0.4, -0.2) is 36.7 Å². The molecule has 2 aliphatic heterocycles. The van der Waals surface area contributed by atoms with Crippen LogP contribution in [0.15, 0.2) is 18.2 Å². The normalized spacial score (nSPS) is 18.4. The summed E-state index contributed by atoms with van der Waals surface area (Å²) < 4.78 is 0. The maximum absolute atomic E-state index is 11.1. The molecular weight excluding hydrogens is 264 g/mol. The molecule has 0 saturated carbocycles. The lowest BCUT2D eigenvalue weighted by Crippen LogP contribution is -2.24. The second-order valence-electron chi connectivity index (χ2n) is 4.84. The Labute approximate surface area is 117 Å². The summed E-state index contributed by atoms with van der Waals surface area (Å²) in [6.07, 6.45) is 4.28. The fourth-order valence-electron chi connectivity index (χ4n) is 2.17. The van der Waals surface area contributed by atoms with Crippen molar-refractivity contribution in [3.8, 4) is 0 Å². The van der Waals surface area contributed by atoms with Crippen LogP contribution in [0.2, 0.25) is 5.02 Å². The van der Waals surface area contributed by atoms with Crippen LogP contribution in [0.1, 0.15) is 29.6 Å². The summed E-state index contributed by atoms with van der Waals surface area (Å²) in [5, 5.41) is 2.88. The highest BCUT2D eigenvalue weighted by Crippen LogP contribution is 2.25. The fourth-order valence-corrected chi connectivity index (χ4v) is 2.34. The van der Waals surface area contributed by atoms with Crippen molar-refractivity contribution in [3.63, 3.8) is 0 Å². The molecule has 0 aliphatic carbocycles. The molecule has 1 aromatic carbocycles. The number of nitrogens with one attached hydrogen (secondary N) is 1. The van der Waals surface area contributed by atoms with Crippen molar-refractivity contribution in [1.29, 1.82) is 0 Å². The molecule has 5 heteroatoms. The summed E-state index contributed by atoms with van der Waals surface area (Å²) >= 11 is 5.65.